The van der Waals surface area contributed by atoms with Crippen molar-refractivity contribution in [3.8, 4) is 0 Å². The lowest BCUT2D eigenvalue weighted by Gasteiger charge is -2.21. The molecule has 0 radical (unpaired) electrons. The number of carbonyl (C=O) groups is 2. The van der Waals surface area contributed by atoms with Gasteiger partial charge < -0.3 is 11.1 Å². The molecule has 0 bridgehead atoms. The SMILES string of the molecule is Nc1cccc2c1C(=O)c1c(Nc3ccc(Cl)cc3)cccc1C2=O. The van der Waals surface area contributed by atoms with Crippen molar-refractivity contribution in [2.75, 3.05) is 11.1 Å². The summed E-state index contributed by atoms with van der Waals surface area (Å²) in [7, 11) is 0. The van der Waals surface area contributed by atoms with Crippen molar-refractivity contribution in [2.45, 2.75) is 0 Å². The van der Waals surface area contributed by atoms with Crippen LogP contribution in [0.15, 0.2) is 60.7 Å². The van der Waals surface area contributed by atoms with E-state index in [4.69, 9.17) is 17.3 Å². The number of ketones is 2. The predicted molar refractivity (Wildman–Crippen MR) is 98.9 cm³/mol. The molecule has 3 aromatic rings. The monoisotopic (exact) mass is 348 g/mol. The summed E-state index contributed by atoms with van der Waals surface area (Å²) >= 11 is 5.91. The molecule has 0 heterocycles. The summed E-state index contributed by atoms with van der Waals surface area (Å²) in [5, 5.41) is 3.81. The van der Waals surface area contributed by atoms with Crippen molar-refractivity contribution in [1.29, 1.82) is 0 Å². The number of nitrogen functional groups attached to an aromatic ring is 1. The van der Waals surface area contributed by atoms with Crippen LogP contribution in [-0.2, 0) is 0 Å². The second-order valence-corrected chi connectivity index (χ2v) is 6.22. The van der Waals surface area contributed by atoms with Crippen LogP contribution in [0.2, 0.25) is 5.02 Å². The van der Waals surface area contributed by atoms with Gasteiger partial charge in [-0.3, -0.25) is 9.59 Å². The van der Waals surface area contributed by atoms with Crippen molar-refractivity contribution < 1.29 is 9.59 Å². The Kier molecular flexibility index (Phi) is 3.55. The number of carbonyl (C=O) groups excluding carboxylic acids is 2. The van der Waals surface area contributed by atoms with Gasteiger partial charge in [-0.15, -0.1) is 0 Å². The van der Waals surface area contributed by atoms with Gasteiger partial charge in [0.05, 0.1) is 16.8 Å². The first-order valence-corrected chi connectivity index (χ1v) is 8.07. The predicted octanol–water partition coefficient (Wildman–Crippen LogP) is 4.44. The third kappa shape index (κ3) is 2.47. The highest BCUT2D eigenvalue weighted by Crippen LogP contribution is 2.35. The molecule has 122 valence electrons. The summed E-state index contributed by atoms with van der Waals surface area (Å²) in [5.41, 5.74) is 8.94. The molecule has 0 spiro atoms. The van der Waals surface area contributed by atoms with Gasteiger partial charge in [-0.05, 0) is 36.4 Å². The number of nitrogens with one attached hydrogen (secondary N) is 1. The van der Waals surface area contributed by atoms with Crippen molar-refractivity contribution >= 4 is 40.2 Å². The molecular formula is C20H13ClN2O2. The van der Waals surface area contributed by atoms with Gasteiger partial charge in [-0.25, -0.2) is 0 Å². The van der Waals surface area contributed by atoms with E-state index in [-0.39, 0.29) is 17.1 Å². The van der Waals surface area contributed by atoms with Crippen molar-refractivity contribution in [3.63, 3.8) is 0 Å². The first-order valence-electron chi connectivity index (χ1n) is 7.70. The first-order chi connectivity index (χ1) is 12.1. The number of halogens is 1. The zero-order chi connectivity index (χ0) is 17.6. The molecule has 1 aliphatic rings. The number of anilines is 3. The molecule has 0 aromatic heterocycles. The molecule has 4 nitrogen and oxygen atoms in total. The average Bonchev–Trinajstić information content (AvgIpc) is 2.61. The van der Waals surface area contributed by atoms with Gasteiger partial charge in [0.2, 0.25) is 0 Å². The molecule has 3 N–H and O–H groups in total. The third-order valence-corrected chi connectivity index (χ3v) is 4.48. The molecule has 4 rings (SSSR count). The summed E-state index contributed by atoms with van der Waals surface area (Å²) in [4.78, 5) is 25.8. The zero-order valence-electron chi connectivity index (χ0n) is 13.0. The van der Waals surface area contributed by atoms with E-state index in [0.717, 1.165) is 5.69 Å². The molecule has 0 saturated heterocycles. The highest BCUT2D eigenvalue weighted by atomic mass is 35.5. The second-order valence-electron chi connectivity index (χ2n) is 5.79. The van der Waals surface area contributed by atoms with Crippen LogP contribution in [0.25, 0.3) is 0 Å². The number of nitrogens with two attached hydrogens (primary N) is 1. The van der Waals surface area contributed by atoms with Crippen LogP contribution in [-0.4, -0.2) is 11.6 Å². The zero-order valence-corrected chi connectivity index (χ0v) is 13.8. The molecule has 0 amide bonds. The van der Waals surface area contributed by atoms with E-state index in [1.807, 2.05) is 0 Å². The molecular weight excluding hydrogens is 336 g/mol. The quantitative estimate of drug-likeness (QED) is 0.525. The van der Waals surface area contributed by atoms with E-state index >= 15 is 0 Å². The Morgan fingerprint density at radius 2 is 1.40 bits per heavy atom. The highest BCUT2D eigenvalue weighted by molar-refractivity contribution is 6.32. The van der Waals surface area contributed by atoms with Crippen LogP contribution >= 0.6 is 11.6 Å². The van der Waals surface area contributed by atoms with Crippen LogP contribution in [0, 0.1) is 0 Å². The summed E-state index contributed by atoms with van der Waals surface area (Å²) in [6.07, 6.45) is 0. The third-order valence-electron chi connectivity index (χ3n) is 4.23. The van der Waals surface area contributed by atoms with Gasteiger partial charge in [-0.1, -0.05) is 35.9 Å². The van der Waals surface area contributed by atoms with Gasteiger partial charge in [0.1, 0.15) is 0 Å². The fourth-order valence-corrected chi connectivity index (χ4v) is 3.19. The van der Waals surface area contributed by atoms with Gasteiger partial charge in [0.25, 0.3) is 0 Å². The maximum Gasteiger partial charge on any atom is 0.198 e. The fourth-order valence-electron chi connectivity index (χ4n) is 3.06. The average molecular weight is 349 g/mol. The first kappa shape index (κ1) is 15.4. The normalized spacial score (nSPS) is 12.5. The van der Waals surface area contributed by atoms with Crippen LogP contribution in [0.4, 0.5) is 17.1 Å². The van der Waals surface area contributed by atoms with Crippen LogP contribution < -0.4 is 11.1 Å². The summed E-state index contributed by atoms with van der Waals surface area (Å²) in [6.45, 7) is 0. The van der Waals surface area contributed by atoms with Gasteiger partial charge in [0, 0.05) is 27.5 Å². The molecule has 3 aromatic carbocycles. The molecule has 0 aliphatic heterocycles. The van der Waals surface area contributed by atoms with Crippen LogP contribution in [0.1, 0.15) is 31.8 Å². The number of hydrogen-bond acceptors (Lipinski definition) is 4. The largest absolute Gasteiger partial charge is 0.398 e. The lowest BCUT2D eigenvalue weighted by molar-refractivity contribution is 0.0980. The van der Waals surface area contributed by atoms with Crippen molar-refractivity contribution in [1.82, 2.24) is 0 Å². The van der Waals surface area contributed by atoms with Gasteiger partial charge >= 0.3 is 0 Å². The van der Waals surface area contributed by atoms with E-state index in [1.54, 1.807) is 60.7 Å². The highest BCUT2D eigenvalue weighted by Gasteiger charge is 2.32. The molecule has 25 heavy (non-hydrogen) atoms. The molecule has 0 saturated carbocycles. The molecule has 5 heteroatoms. The van der Waals surface area contributed by atoms with E-state index in [0.29, 0.717) is 33.1 Å². The number of hydrogen-bond donors (Lipinski definition) is 2. The van der Waals surface area contributed by atoms with E-state index in [9.17, 15) is 9.59 Å². The molecule has 0 atom stereocenters. The topological polar surface area (TPSA) is 72.2 Å². The molecule has 1 aliphatic carbocycles. The van der Waals surface area contributed by atoms with Crippen LogP contribution in [0.5, 0.6) is 0 Å². The lowest BCUT2D eigenvalue weighted by atomic mass is 9.82. The van der Waals surface area contributed by atoms with Crippen molar-refractivity contribution in [3.05, 3.63) is 87.9 Å². The van der Waals surface area contributed by atoms with E-state index in [2.05, 4.69) is 5.32 Å². The number of benzene rings is 3. The molecule has 0 fully saturated rings. The minimum absolute atomic E-state index is 0.198. The lowest BCUT2D eigenvalue weighted by Crippen LogP contribution is -2.23. The van der Waals surface area contributed by atoms with Crippen molar-refractivity contribution in [2.24, 2.45) is 0 Å². The Morgan fingerprint density at radius 3 is 2.12 bits per heavy atom. The van der Waals surface area contributed by atoms with Gasteiger partial charge in [-0.2, -0.15) is 0 Å². The van der Waals surface area contributed by atoms with E-state index in [1.165, 1.54) is 0 Å². The minimum Gasteiger partial charge on any atom is -0.398 e. The standard InChI is InChI=1S/C20H13ClN2O2/c21-11-7-9-12(10-8-11)23-16-6-2-4-14-18(16)20(25)17-13(19(14)24)3-1-5-15(17)22/h1-10,23H,22H2. The van der Waals surface area contributed by atoms with Crippen LogP contribution in [0.3, 0.4) is 0 Å². The second kappa shape index (κ2) is 5.76. The minimum atomic E-state index is -0.250. The maximum absolute atomic E-state index is 13.0. The maximum atomic E-state index is 13.0. The smallest absolute Gasteiger partial charge is 0.198 e. The fraction of sp³-hybridized carbons (Fsp3) is 0. The Morgan fingerprint density at radius 1 is 0.760 bits per heavy atom. The van der Waals surface area contributed by atoms with Gasteiger partial charge in [0.15, 0.2) is 11.6 Å². The Labute approximate surface area is 149 Å². The Balaban J connectivity index is 1.86. The summed E-state index contributed by atoms with van der Waals surface area (Å²) < 4.78 is 0. The summed E-state index contributed by atoms with van der Waals surface area (Å²) in [5.74, 6) is -0.448. The Bertz CT molecular complexity index is 1030. The number of fused-ring (bicyclic) bond motifs is 2. The summed E-state index contributed by atoms with van der Waals surface area (Å²) in [6, 6.07) is 17.2. The van der Waals surface area contributed by atoms with E-state index < -0.39 is 0 Å². The Hall–Kier alpha value is -3.11. The molecule has 0 unspecified atom stereocenters. The number of rotatable bonds is 2.